The number of alkyl halides is 1. The molecule has 0 radical (unpaired) electrons. The number of aromatic nitrogens is 2. The number of carbonyl (C=O) groups excluding carboxylic acids is 1. The van der Waals surface area contributed by atoms with Crippen molar-refractivity contribution >= 4 is 33.0 Å². The molecular formula is C21H24FN5O3S. The topological polar surface area (TPSA) is 93.7 Å². The van der Waals surface area contributed by atoms with Gasteiger partial charge in [0, 0.05) is 43.5 Å². The van der Waals surface area contributed by atoms with E-state index < -0.39 is 0 Å². The Kier molecular flexibility index (Phi) is 6.19. The summed E-state index contributed by atoms with van der Waals surface area (Å²) in [6, 6.07) is 6.87. The summed E-state index contributed by atoms with van der Waals surface area (Å²) in [6.07, 6.45) is 0.497. The molecule has 0 saturated carbocycles. The molecule has 1 fully saturated rings. The number of benzene rings is 1. The van der Waals surface area contributed by atoms with E-state index in [1.54, 1.807) is 41.7 Å². The van der Waals surface area contributed by atoms with E-state index in [1.165, 1.54) is 16.0 Å². The van der Waals surface area contributed by atoms with E-state index in [0.717, 1.165) is 0 Å². The van der Waals surface area contributed by atoms with Crippen LogP contribution in [0.3, 0.4) is 0 Å². The highest BCUT2D eigenvalue weighted by Gasteiger charge is 2.27. The largest absolute Gasteiger partial charge is 0.497 e. The van der Waals surface area contributed by atoms with Gasteiger partial charge in [-0.2, -0.15) is 9.78 Å². The SMILES string of the molecule is COc1ccc(-n2nc(C(=O)N3CCN(CCCF)CC3)c3csc(N)c3c2=O)cc1. The van der Waals surface area contributed by atoms with Crippen LogP contribution in [-0.4, -0.2) is 72.0 Å². The lowest BCUT2D eigenvalue weighted by Gasteiger charge is -2.34. The van der Waals surface area contributed by atoms with Crippen LogP contribution in [0.4, 0.5) is 9.39 Å². The van der Waals surface area contributed by atoms with Crippen molar-refractivity contribution in [3.8, 4) is 11.4 Å². The van der Waals surface area contributed by atoms with E-state index in [2.05, 4.69) is 10.00 Å². The highest BCUT2D eigenvalue weighted by atomic mass is 32.1. The number of nitrogens with zero attached hydrogens (tertiary/aromatic N) is 4. The van der Waals surface area contributed by atoms with Crippen LogP contribution in [0.2, 0.25) is 0 Å². The van der Waals surface area contributed by atoms with Gasteiger partial charge >= 0.3 is 0 Å². The minimum absolute atomic E-state index is 0.204. The second kappa shape index (κ2) is 9.03. The number of carbonyl (C=O) groups is 1. The monoisotopic (exact) mass is 445 g/mol. The second-order valence-electron chi connectivity index (χ2n) is 7.33. The Balaban J connectivity index is 1.70. The molecule has 31 heavy (non-hydrogen) atoms. The third-order valence-electron chi connectivity index (χ3n) is 5.47. The van der Waals surface area contributed by atoms with E-state index >= 15 is 0 Å². The van der Waals surface area contributed by atoms with Crippen molar-refractivity contribution in [2.75, 3.05) is 52.2 Å². The van der Waals surface area contributed by atoms with Gasteiger partial charge < -0.3 is 15.4 Å². The smallest absolute Gasteiger partial charge is 0.282 e. The van der Waals surface area contributed by atoms with E-state index in [0.29, 0.717) is 66.4 Å². The average molecular weight is 446 g/mol. The minimum Gasteiger partial charge on any atom is -0.497 e. The standard InChI is InChI=1S/C21H24FN5O3S/c1-30-15-5-3-14(4-6-15)27-20(28)17-16(13-31-19(17)23)18(24-27)21(29)26-11-9-25(10-12-26)8-2-7-22/h3-6,13H,2,7-12,23H2,1H3. The maximum Gasteiger partial charge on any atom is 0.282 e. The van der Waals surface area contributed by atoms with Crippen LogP contribution in [0, 0.1) is 0 Å². The Hall–Kier alpha value is -2.98. The number of thiophene rings is 1. The molecule has 1 amide bonds. The molecule has 0 atom stereocenters. The maximum absolute atomic E-state index is 13.4. The highest BCUT2D eigenvalue weighted by Crippen LogP contribution is 2.28. The average Bonchev–Trinajstić information content (AvgIpc) is 3.20. The Morgan fingerprint density at radius 3 is 2.58 bits per heavy atom. The number of halogens is 1. The molecule has 0 aliphatic carbocycles. The number of anilines is 1. The molecule has 164 valence electrons. The Morgan fingerprint density at radius 1 is 1.23 bits per heavy atom. The maximum atomic E-state index is 13.4. The van der Waals surface area contributed by atoms with Crippen molar-refractivity contribution in [3.05, 3.63) is 45.7 Å². The van der Waals surface area contributed by atoms with E-state index in [4.69, 9.17) is 10.5 Å². The molecule has 0 spiro atoms. The predicted molar refractivity (Wildman–Crippen MR) is 119 cm³/mol. The molecule has 2 aromatic heterocycles. The summed E-state index contributed by atoms with van der Waals surface area (Å²) in [5.41, 5.74) is 6.43. The number of rotatable bonds is 6. The molecule has 4 rings (SSSR count). The Bertz CT molecular complexity index is 1140. The van der Waals surface area contributed by atoms with Crippen LogP contribution in [0.5, 0.6) is 5.75 Å². The van der Waals surface area contributed by atoms with E-state index in [1.807, 2.05) is 0 Å². The fourth-order valence-corrected chi connectivity index (χ4v) is 4.53. The highest BCUT2D eigenvalue weighted by molar-refractivity contribution is 7.15. The summed E-state index contributed by atoms with van der Waals surface area (Å²) < 4.78 is 18.8. The van der Waals surface area contributed by atoms with Gasteiger partial charge in [-0.25, -0.2) is 0 Å². The number of amides is 1. The normalized spacial score (nSPS) is 14.8. The first-order valence-electron chi connectivity index (χ1n) is 10.1. The number of fused-ring (bicyclic) bond motifs is 1. The molecule has 8 nitrogen and oxygen atoms in total. The lowest BCUT2D eigenvalue weighted by atomic mass is 10.2. The zero-order valence-corrected chi connectivity index (χ0v) is 18.0. The number of methoxy groups -OCH3 is 1. The Morgan fingerprint density at radius 2 is 1.94 bits per heavy atom. The van der Waals surface area contributed by atoms with Gasteiger partial charge in [-0.05, 0) is 30.7 Å². The molecule has 2 N–H and O–H groups in total. The summed E-state index contributed by atoms with van der Waals surface area (Å²) in [5, 5.41) is 7.29. The predicted octanol–water partition coefficient (Wildman–Crippen LogP) is 2.16. The molecule has 1 aromatic carbocycles. The van der Waals surface area contributed by atoms with Gasteiger partial charge in [-0.1, -0.05) is 0 Å². The fraction of sp³-hybridized carbons (Fsp3) is 0.381. The lowest BCUT2D eigenvalue weighted by Crippen LogP contribution is -2.49. The first kappa shape index (κ1) is 21.3. The van der Waals surface area contributed by atoms with Crippen LogP contribution in [0.1, 0.15) is 16.9 Å². The van der Waals surface area contributed by atoms with Crippen LogP contribution < -0.4 is 16.0 Å². The number of ether oxygens (including phenoxy) is 1. The zero-order valence-electron chi connectivity index (χ0n) is 17.2. The summed E-state index contributed by atoms with van der Waals surface area (Å²) >= 11 is 1.22. The van der Waals surface area contributed by atoms with Crippen LogP contribution >= 0.6 is 11.3 Å². The number of hydrogen-bond donors (Lipinski definition) is 1. The first-order chi connectivity index (χ1) is 15.0. The van der Waals surface area contributed by atoms with Crippen molar-refractivity contribution < 1.29 is 13.9 Å². The zero-order chi connectivity index (χ0) is 22.0. The van der Waals surface area contributed by atoms with Crippen molar-refractivity contribution in [1.82, 2.24) is 19.6 Å². The van der Waals surface area contributed by atoms with Gasteiger partial charge in [-0.3, -0.25) is 18.9 Å². The quantitative estimate of drug-likeness (QED) is 0.625. The molecular weight excluding hydrogens is 421 g/mol. The third kappa shape index (κ3) is 4.13. The first-order valence-corrected chi connectivity index (χ1v) is 10.9. The number of piperazine rings is 1. The van der Waals surface area contributed by atoms with Crippen molar-refractivity contribution in [2.24, 2.45) is 0 Å². The van der Waals surface area contributed by atoms with Gasteiger partial charge in [0.2, 0.25) is 0 Å². The number of hydrogen-bond acceptors (Lipinski definition) is 7. The van der Waals surface area contributed by atoms with Gasteiger partial charge in [-0.15, -0.1) is 11.3 Å². The molecule has 3 aromatic rings. The molecule has 0 bridgehead atoms. The van der Waals surface area contributed by atoms with Crippen LogP contribution in [-0.2, 0) is 0 Å². The summed E-state index contributed by atoms with van der Waals surface area (Å²) in [7, 11) is 1.56. The molecule has 10 heteroatoms. The van der Waals surface area contributed by atoms with Crippen LogP contribution in [0.25, 0.3) is 16.5 Å². The van der Waals surface area contributed by atoms with Gasteiger partial charge in [0.25, 0.3) is 11.5 Å². The summed E-state index contributed by atoms with van der Waals surface area (Å²) in [6.45, 7) is 2.75. The molecule has 1 saturated heterocycles. The van der Waals surface area contributed by atoms with Crippen molar-refractivity contribution in [3.63, 3.8) is 0 Å². The molecule has 3 heterocycles. The lowest BCUT2D eigenvalue weighted by molar-refractivity contribution is 0.0628. The van der Waals surface area contributed by atoms with Gasteiger partial charge in [0.05, 0.1) is 29.9 Å². The number of nitrogen functional groups attached to an aromatic ring is 1. The minimum atomic E-state index is -0.369. The summed E-state index contributed by atoms with van der Waals surface area (Å²) in [5.74, 6) is 0.407. The number of nitrogens with two attached hydrogens (primary N) is 1. The van der Waals surface area contributed by atoms with Crippen molar-refractivity contribution in [2.45, 2.75) is 6.42 Å². The second-order valence-corrected chi connectivity index (χ2v) is 8.24. The third-order valence-corrected chi connectivity index (χ3v) is 6.28. The van der Waals surface area contributed by atoms with Gasteiger partial charge in [0.1, 0.15) is 5.75 Å². The molecule has 0 unspecified atom stereocenters. The fourth-order valence-electron chi connectivity index (χ4n) is 3.74. The van der Waals surface area contributed by atoms with Crippen LogP contribution in [0.15, 0.2) is 34.4 Å². The van der Waals surface area contributed by atoms with E-state index in [9.17, 15) is 14.0 Å². The Labute approximate surface area is 182 Å². The van der Waals surface area contributed by atoms with Crippen molar-refractivity contribution in [1.29, 1.82) is 0 Å². The summed E-state index contributed by atoms with van der Waals surface area (Å²) in [4.78, 5) is 30.3. The molecule has 1 aliphatic rings. The molecule has 1 aliphatic heterocycles. The van der Waals surface area contributed by atoms with E-state index in [-0.39, 0.29) is 23.8 Å². The van der Waals surface area contributed by atoms with Gasteiger partial charge in [0.15, 0.2) is 5.69 Å².